The minimum absolute atomic E-state index is 0.0962. The molecule has 0 aromatic carbocycles. The summed E-state index contributed by atoms with van der Waals surface area (Å²) in [5, 5.41) is 15.1. The zero-order valence-electron chi connectivity index (χ0n) is 10.7. The maximum absolute atomic E-state index is 11.5. The molecule has 1 aliphatic carbocycles. The lowest BCUT2D eigenvalue weighted by Gasteiger charge is -2.21. The highest BCUT2D eigenvalue weighted by molar-refractivity contribution is 7.99. The third-order valence-electron chi connectivity index (χ3n) is 3.10. The van der Waals surface area contributed by atoms with E-state index in [1.54, 1.807) is 0 Å². The Morgan fingerprint density at radius 1 is 1.47 bits per heavy atom. The predicted molar refractivity (Wildman–Crippen MR) is 72.5 cm³/mol. The summed E-state index contributed by atoms with van der Waals surface area (Å²) in [5.41, 5.74) is 0. The molecule has 1 N–H and O–H groups in total. The molecule has 1 saturated carbocycles. The van der Waals surface area contributed by atoms with Crippen LogP contribution < -0.4 is 5.32 Å². The Morgan fingerprint density at radius 3 is 3.00 bits per heavy atom. The monoisotopic (exact) mass is 279 g/mol. The number of amides is 1. The number of hydrogen-bond donors (Lipinski definition) is 1. The first-order valence-electron chi connectivity index (χ1n) is 6.42. The molecule has 1 aliphatic rings. The number of terminal acetylenes is 1. The van der Waals surface area contributed by atoms with E-state index in [-0.39, 0.29) is 18.2 Å². The number of tetrazole rings is 1. The van der Waals surface area contributed by atoms with E-state index in [9.17, 15) is 4.79 Å². The first-order valence-corrected chi connectivity index (χ1v) is 7.40. The molecule has 0 saturated heterocycles. The van der Waals surface area contributed by atoms with Crippen LogP contribution in [-0.4, -0.2) is 38.4 Å². The van der Waals surface area contributed by atoms with Gasteiger partial charge in [0.15, 0.2) is 0 Å². The van der Waals surface area contributed by atoms with E-state index in [1.165, 1.54) is 31.0 Å². The zero-order valence-corrected chi connectivity index (χ0v) is 11.5. The third-order valence-corrected chi connectivity index (χ3v) is 4.04. The molecule has 1 aromatic rings. The third kappa shape index (κ3) is 3.96. The lowest BCUT2D eigenvalue weighted by Crippen LogP contribution is -2.25. The number of hydrogen-bond acceptors (Lipinski definition) is 5. The van der Waals surface area contributed by atoms with E-state index in [4.69, 9.17) is 6.42 Å². The average Bonchev–Trinajstić information content (AvgIpc) is 2.92. The van der Waals surface area contributed by atoms with Crippen LogP contribution in [0.4, 0.5) is 0 Å². The Kier molecular flexibility index (Phi) is 5.21. The number of nitrogens with zero attached hydrogens (tertiary/aromatic N) is 4. The maximum Gasteiger partial charge on any atom is 0.231 e. The van der Waals surface area contributed by atoms with Crippen LogP contribution in [0.15, 0.2) is 5.16 Å². The van der Waals surface area contributed by atoms with Gasteiger partial charge in [-0.15, -0.1) is 11.5 Å². The van der Waals surface area contributed by atoms with Crippen LogP contribution in [0, 0.1) is 12.3 Å². The molecule has 102 valence electrons. The van der Waals surface area contributed by atoms with Crippen LogP contribution in [0.25, 0.3) is 0 Å². The van der Waals surface area contributed by atoms with Gasteiger partial charge in [-0.3, -0.25) is 4.79 Å². The van der Waals surface area contributed by atoms with E-state index in [1.807, 2.05) is 4.68 Å². The molecule has 7 heteroatoms. The van der Waals surface area contributed by atoms with Crippen LogP contribution in [0.5, 0.6) is 0 Å². The van der Waals surface area contributed by atoms with E-state index in [0.29, 0.717) is 11.2 Å². The zero-order chi connectivity index (χ0) is 13.5. The molecule has 0 aliphatic heterocycles. The Morgan fingerprint density at radius 2 is 2.26 bits per heavy atom. The second-order valence-electron chi connectivity index (χ2n) is 4.47. The Hall–Kier alpha value is -1.55. The lowest BCUT2D eigenvalue weighted by molar-refractivity contribution is -0.118. The Balaban J connectivity index is 1.88. The molecule has 0 spiro atoms. The standard InChI is InChI=1S/C12H17N5OS/c1-2-8-13-11(18)9-19-12-14-15-16-17(12)10-6-4-3-5-7-10/h1,10H,3-9H2,(H,13,18). The summed E-state index contributed by atoms with van der Waals surface area (Å²) in [6, 6.07) is 0.375. The van der Waals surface area contributed by atoms with Crippen LogP contribution in [0.3, 0.4) is 0 Å². The molecule has 0 bridgehead atoms. The minimum atomic E-state index is -0.0962. The first kappa shape index (κ1) is 13.9. The lowest BCUT2D eigenvalue weighted by atomic mass is 9.96. The van der Waals surface area contributed by atoms with E-state index in [0.717, 1.165) is 12.8 Å². The fourth-order valence-electron chi connectivity index (χ4n) is 2.17. The van der Waals surface area contributed by atoms with Crippen molar-refractivity contribution in [3.63, 3.8) is 0 Å². The predicted octanol–water partition coefficient (Wildman–Crippen LogP) is 1.02. The number of carbonyl (C=O) groups excluding carboxylic acids is 1. The van der Waals surface area contributed by atoms with Gasteiger partial charge in [-0.1, -0.05) is 36.9 Å². The summed E-state index contributed by atoms with van der Waals surface area (Å²) in [7, 11) is 0. The molecular formula is C12H17N5OS. The SMILES string of the molecule is C#CCNC(=O)CSc1nnnn1C1CCCCC1. The fourth-order valence-corrected chi connectivity index (χ4v) is 2.94. The van der Waals surface area contributed by atoms with Gasteiger partial charge in [-0.2, -0.15) is 0 Å². The molecule has 0 radical (unpaired) electrons. The normalized spacial score (nSPS) is 15.9. The van der Waals surface area contributed by atoms with Gasteiger partial charge in [-0.25, -0.2) is 4.68 Å². The van der Waals surface area contributed by atoms with Gasteiger partial charge in [-0.05, 0) is 23.3 Å². The molecular weight excluding hydrogens is 262 g/mol. The average molecular weight is 279 g/mol. The van der Waals surface area contributed by atoms with Gasteiger partial charge in [0, 0.05) is 0 Å². The van der Waals surface area contributed by atoms with Crippen molar-refractivity contribution < 1.29 is 4.79 Å². The largest absolute Gasteiger partial charge is 0.344 e. The van der Waals surface area contributed by atoms with Crippen molar-refractivity contribution >= 4 is 17.7 Å². The maximum atomic E-state index is 11.5. The van der Waals surface area contributed by atoms with Gasteiger partial charge in [0.1, 0.15) is 0 Å². The molecule has 1 fully saturated rings. The molecule has 2 rings (SSSR count). The van der Waals surface area contributed by atoms with Gasteiger partial charge < -0.3 is 5.32 Å². The Bertz CT molecular complexity index is 461. The second-order valence-corrected chi connectivity index (χ2v) is 5.41. The van der Waals surface area contributed by atoms with Gasteiger partial charge in [0.25, 0.3) is 0 Å². The van der Waals surface area contributed by atoms with E-state index < -0.39 is 0 Å². The summed E-state index contributed by atoms with van der Waals surface area (Å²) >= 11 is 1.35. The highest BCUT2D eigenvalue weighted by Crippen LogP contribution is 2.29. The van der Waals surface area contributed by atoms with Crippen molar-refractivity contribution in [3.05, 3.63) is 0 Å². The summed E-state index contributed by atoms with van der Waals surface area (Å²) in [4.78, 5) is 11.5. The van der Waals surface area contributed by atoms with Crippen molar-refractivity contribution in [2.45, 2.75) is 43.3 Å². The fraction of sp³-hybridized carbons (Fsp3) is 0.667. The number of thioether (sulfide) groups is 1. The van der Waals surface area contributed by atoms with Crippen LogP contribution >= 0.6 is 11.8 Å². The Labute approximate surface area is 116 Å². The summed E-state index contributed by atoms with van der Waals surface area (Å²) < 4.78 is 1.86. The van der Waals surface area contributed by atoms with Gasteiger partial charge in [0.05, 0.1) is 18.3 Å². The van der Waals surface area contributed by atoms with Crippen LogP contribution in [0.1, 0.15) is 38.1 Å². The molecule has 19 heavy (non-hydrogen) atoms. The van der Waals surface area contributed by atoms with Gasteiger partial charge in [0.2, 0.25) is 11.1 Å². The summed E-state index contributed by atoms with van der Waals surface area (Å²) in [6.07, 6.45) is 11.0. The van der Waals surface area contributed by atoms with E-state index in [2.05, 4.69) is 26.8 Å². The molecule has 1 heterocycles. The highest BCUT2D eigenvalue weighted by Gasteiger charge is 2.20. The number of aromatic nitrogens is 4. The number of carbonyl (C=O) groups is 1. The minimum Gasteiger partial charge on any atom is -0.344 e. The topological polar surface area (TPSA) is 72.7 Å². The quantitative estimate of drug-likeness (QED) is 0.643. The van der Waals surface area contributed by atoms with Crippen molar-refractivity contribution in [2.24, 2.45) is 0 Å². The van der Waals surface area contributed by atoms with Crippen LogP contribution in [-0.2, 0) is 4.79 Å². The summed E-state index contributed by atoms with van der Waals surface area (Å²) in [6.45, 7) is 0.257. The van der Waals surface area contributed by atoms with Crippen molar-refractivity contribution in [1.29, 1.82) is 0 Å². The molecule has 1 aromatic heterocycles. The molecule has 1 amide bonds. The summed E-state index contributed by atoms with van der Waals surface area (Å²) in [5.74, 6) is 2.56. The van der Waals surface area contributed by atoms with E-state index >= 15 is 0 Å². The molecule has 0 atom stereocenters. The second kappa shape index (κ2) is 7.14. The molecule has 6 nitrogen and oxygen atoms in total. The van der Waals surface area contributed by atoms with Crippen LogP contribution in [0.2, 0.25) is 0 Å². The number of nitrogens with one attached hydrogen (secondary N) is 1. The van der Waals surface area contributed by atoms with Crippen molar-refractivity contribution in [1.82, 2.24) is 25.5 Å². The number of rotatable bonds is 5. The first-order chi connectivity index (χ1) is 9.31. The van der Waals surface area contributed by atoms with Crippen molar-refractivity contribution in [2.75, 3.05) is 12.3 Å². The van der Waals surface area contributed by atoms with Crippen molar-refractivity contribution in [3.8, 4) is 12.3 Å². The molecule has 0 unspecified atom stereocenters. The highest BCUT2D eigenvalue weighted by atomic mass is 32.2. The smallest absolute Gasteiger partial charge is 0.231 e. The van der Waals surface area contributed by atoms with Gasteiger partial charge >= 0.3 is 0 Å².